The Morgan fingerprint density at radius 1 is 0.947 bits per heavy atom. The predicted molar refractivity (Wildman–Crippen MR) is 61.2 cm³/mol. The molecule has 7 heteroatoms. The lowest BCUT2D eigenvalue weighted by Crippen LogP contribution is -2.12. The van der Waals surface area contributed by atoms with Gasteiger partial charge >= 0.3 is 6.18 Å². The molecule has 0 aliphatic heterocycles. The second-order valence-electron chi connectivity index (χ2n) is 3.84. The molecule has 0 saturated carbocycles. The minimum atomic E-state index is -4.48. The van der Waals surface area contributed by atoms with Crippen LogP contribution in [0.1, 0.15) is 5.69 Å². The standard InChI is InChI=1S/C12H7F3N4/c13-12(14,15)10-4-6-17-11-7-9(18-19(10)11)8-3-1-2-5-16-8/h1-7H. The fraction of sp³-hybridized carbons (Fsp3) is 0.0833. The van der Waals surface area contributed by atoms with E-state index in [1.54, 1.807) is 24.4 Å². The first-order valence-corrected chi connectivity index (χ1v) is 5.39. The van der Waals surface area contributed by atoms with Gasteiger partial charge in [-0.3, -0.25) is 4.98 Å². The maximum absolute atomic E-state index is 12.8. The van der Waals surface area contributed by atoms with Crippen molar-refractivity contribution in [1.82, 2.24) is 19.6 Å². The zero-order chi connectivity index (χ0) is 13.5. The van der Waals surface area contributed by atoms with Crippen LogP contribution < -0.4 is 0 Å². The van der Waals surface area contributed by atoms with Crippen molar-refractivity contribution in [2.75, 3.05) is 0 Å². The average molecular weight is 264 g/mol. The predicted octanol–water partition coefficient (Wildman–Crippen LogP) is 2.81. The lowest BCUT2D eigenvalue weighted by atomic mass is 10.3. The monoisotopic (exact) mass is 264 g/mol. The summed E-state index contributed by atoms with van der Waals surface area (Å²) in [6.07, 6.45) is -1.81. The molecule has 4 nitrogen and oxygen atoms in total. The van der Waals surface area contributed by atoms with E-state index in [0.717, 1.165) is 16.8 Å². The first-order chi connectivity index (χ1) is 9.05. The number of hydrogen-bond donors (Lipinski definition) is 0. The number of aromatic nitrogens is 4. The molecule has 0 atom stereocenters. The molecule has 3 heterocycles. The van der Waals surface area contributed by atoms with Gasteiger partial charge in [-0.15, -0.1) is 0 Å². The van der Waals surface area contributed by atoms with Gasteiger partial charge in [0.1, 0.15) is 11.4 Å². The van der Waals surface area contributed by atoms with E-state index in [4.69, 9.17) is 0 Å². The molecule has 0 aliphatic carbocycles. The van der Waals surface area contributed by atoms with Crippen LogP contribution in [-0.4, -0.2) is 19.6 Å². The Morgan fingerprint density at radius 2 is 1.79 bits per heavy atom. The highest BCUT2D eigenvalue weighted by Gasteiger charge is 2.34. The van der Waals surface area contributed by atoms with Crippen LogP contribution in [0.15, 0.2) is 42.7 Å². The number of nitrogens with zero attached hydrogens (tertiary/aromatic N) is 4. The maximum Gasteiger partial charge on any atom is 0.433 e. The molecule has 0 bridgehead atoms. The highest BCUT2D eigenvalue weighted by atomic mass is 19.4. The number of rotatable bonds is 1. The van der Waals surface area contributed by atoms with Gasteiger partial charge in [0.2, 0.25) is 0 Å². The van der Waals surface area contributed by atoms with Crippen LogP contribution in [0.3, 0.4) is 0 Å². The molecule has 3 aromatic rings. The first-order valence-electron chi connectivity index (χ1n) is 5.39. The molecule has 0 aliphatic rings. The molecule has 0 amide bonds. The van der Waals surface area contributed by atoms with E-state index in [1.165, 1.54) is 6.07 Å². The Morgan fingerprint density at radius 3 is 2.47 bits per heavy atom. The first kappa shape index (κ1) is 11.6. The number of hydrogen-bond acceptors (Lipinski definition) is 3. The lowest BCUT2D eigenvalue weighted by Gasteiger charge is -2.07. The molecule has 0 spiro atoms. The molecule has 0 N–H and O–H groups in total. The fourth-order valence-electron chi connectivity index (χ4n) is 1.75. The molecule has 0 aromatic carbocycles. The van der Waals surface area contributed by atoms with Gasteiger partial charge in [-0.2, -0.15) is 18.3 Å². The quantitative estimate of drug-likeness (QED) is 0.678. The van der Waals surface area contributed by atoms with Crippen molar-refractivity contribution in [2.24, 2.45) is 0 Å². The van der Waals surface area contributed by atoms with Crippen molar-refractivity contribution >= 4 is 5.65 Å². The highest BCUT2D eigenvalue weighted by Crippen LogP contribution is 2.29. The van der Waals surface area contributed by atoms with Gasteiger partial charge in [0.25, 0.3) is 0 Å². The third-order valence-corrected chi connectivity index (χ3v) is 2.58. The van der Waals surface area contributed by atoms with Crippen LogP contribution in [-0.2, 0) is 6.18 Å². The van der Waals surface area contributed by atoms with E-state index < -0.39 is 11.9 Å². The zero-order valence-corrected chi connectivity index (χ0v) is 9.46. The van der Waals surface area contributed by atoms with Crippen LogP contribution in [0.2, 0.25) is 0 Å². The van der Waals surface area contributed by atoms with E-state index in [9.17, 15) is 13.2 Å². The van der Waals surface area contributed by atoms with Gasteiger partial charge in [0.15, 0.2) is 5.65 Å². The van der Waals surface area contributed by atoms with Crippen LogP contribution in [0, 0.1) is 0 Å². The van der Waals surface area contributed by atoms with Crippen LogP contribution in [0.25, 0.3) is 17.0 Å². The summed E-state index contributed by atoms with van der Waals surface area (Å²) in [5.74, 6) is 0. The fourth-order valence-corrected chi connectivity index (χ4v) is 1.75. The Bertz CT molecular complexity index is 719. The van der Waals surface area contributed by atoms with Crippen molar-refractivity contribution in [1.29, 1.82) is 0 Å². The van der Waals surface area contributed by atoms with Crippen molar-refractivity contribution in [3.63, 3.8) is 0 Å². The Labute approximate surface area is 105 Å². The molecular weight excluding hydrogens is 257 g/mol. The zero-order valence-electron chi connectivity index (χ0n) is 9.46. The third kappa shape index (κ3) is 2.03. The summed E-state index contributed by atoms with van der Waals surface area (Å²) < 4.78 is 39.3. The summed E-state index contributed by atoms with van der Waals surface area (Å²) in [7, 11) is 0. The van der Waals surface area contributed by atoms with Gasteiger partial charge in [-0.05, 0) is 18.2 Å². The number of pyridine rings is 1. The minimum absolute atomic E-state index is 0.135. The van der Waals surface area contributed by atoms with Crippen molar-refractivity contribution < 1.29 is 13.2 Å². The van der Waals surface area contributed by atoms with E-state index >= 15 is 0 Å². The highest BCUT2D eigenvalue weighted by molar-refractivity contribution is 5.60. The summed E-state index contributed by atoms with van der Waals surface area (Å²) in [5, 5.41) is 3.92. The molecule has 0 saturated heterocycles. The van der Waals surface area contributed by atoms with Crippen LogP contribution in [0.4, 0.5) is 13.2 Å². The third-order valence-electron chi connectivity index (χ3n) is 2.58. The molecule has 0 unspecified atom stereocenters. The number of halogens is 3. The molecule has 19 heavy (non-hydrogen) atoms. The summed E-state index contributed by atoms with van der Waals surface area (Å²) in [6.45, 7) is 0. The summed E-state index contributed by atoms with van der Waals surface area (Å²) in [4.78, 5) is 7.93. The van der Waals surface area contributed by atoms with Gasteiger partial charge in [-0.1, -0.05) is 6.07 Å². The summed E-state index contributed by atoms with van der Waals surface area (Å²) >= 11 is 0. The average Bonchev–Trinajstić information content (AvgIpc) is 2.82. The molecule has 96 valence electrons. The molecular formula is C12H7F3N4. The Kier molecular flexibility index (Phi) is 2.48. The maximum atomic E-state index is 12.8. The molecule has 3 aromatic heterocycles. The lowest BCUT2D eigenvalue weighted by molar-refractivity contribution is -0.142. The molecule has 0 fully saturated rings. The van der Waals surface area contributed by atoms with Gasteiger partial charge in [0.05, 0.1) is 5.69 Å². The number of alkyl halides is 3. The van der Waals surface area contributed by atoms with E-state index in [0.29, 0.717) is 11.4 Å². The Balaban J connectivity index is 2.22. The summed E-state index contributed by atoms with van der Waals surface area (Å²) in [6, 6.07) is 7.50. The van der Waals surface area contributed by atoms with Crippen molar-refractivity contribution in [2.45, 2.75) is 6.18 Å². The molecule has 3 rings (SSSR count). The van der Waals surface area contributed by atoms with E-state index in [2.05, 4.69) is 15.1 Å². The normalized spacial score (nSPS) is 11.9. The van der Waals surface area contributed by atoms with Crippen LogP contribution >= 0.6 is 0 Å². The largest absolute Gasteiger partial charge is 0.433 e. The minimum Gasteiger partial charge on any atom is -0.255 e. The van der Waals surface area contributed by atoms with Gasteiger partial charge in [-0.25, -0.2) is 9.50 Å². The van der Waals surface area contributed by atoms with Gasteiger partial charge in [0, 0.05) is 18.5 Å². The van der Waals surface area contributed by atoms with Crippen molar-refractivity contribution in [3.8, 4) is 11.4 Å². The van der Waals surface area contributed by atoms with Crippen molar-refractivity contribution in [3.05, 3.63) is 48.4 Å². The smallest absolute Gasteiger partial charge is 0.255 e. The topological polar surface area (TPSA) is 43.1 Å². The summed E-state index contributed by atoms with van der Waals surface area (Å²) in [5.41, 5.74) is 0.126. The second kappa shape index (κ2) is 4.04. The SMILES string of the molecule is FC(F)(F)c1ccnc2cc(-c3ccccn3)nn12. The Hall–Kier alpha value is -2.44. The number of fused-ring (bicyclic) bond motifs is 1. The van der Waals surface area contributed by atoms with Crippen LogP contribution in [0.5, 0.6) is 0 Å². The second-order valence-corrected chi connectivity index (χ2v) is 3.84. The van der Waals surface area contributed by atoms with E-state index in [1.807, 2.05) is 0 Å². The van der Waals surface area contributed by atoms with Gasteiger partial charge < -0.3 is 0 Å². The van der Waals surface area contributed by atoms with E-state index in [-0.39, 0.29) is 5.65 Å². The molecule has 0 radical (unpaired) electrons.